The van der Waals surface area contributed by atoms with Crippen LogP contribution in [-0.4, -0.2) is 23.0 Å². The normalized spacial score (nSPS) is 16.1. The van der Waals surface area contributed by atoms with E-state index in [1.165, 1.54) is 19.9 Å². The molecule has 0 saturated heterocycles. The zero-order valence-corrected chi connectivity index (χ0v) is 8.06. The van der Waals surface area contributed by atoms with Crippen LogP contribution in [0, 0.1) is 0 Å². The van der Waals surface area contributed by atoms with Gasteiger partial charge in [0.1, 0.15) is 6.33 Å². The number of methoxy groups -OCH3 is 1. The lowest BCUT2D eigenvalue weighted by molar-refractivity contribution is 0.0593. The first-order valence-corrected chi connectivity index (χ1v) is 4.71. The Hall–Kier alpha value is -1.45. The predicted octanol–water partition coefficient (Wildman–Crippen LogP) is 1.53. The highest BCUT2D eigenvalue weighted by Crippen LogP contribution is 2.34. The third-order valence-corrected chi connectivity index (χ3v) is 2.61. The van der Waals surface area contributed by atoms with Crippen molar-refractivity contribution < 1.29 is 9.53 Å². The Labute approximate surface area is 82.3 Å². The summed E-state index contributed by atoms with van der Waals surface area (Å²) < 4.78 is 4.59. The third-order valence-electron chi connectivity index (χ3n) is 2.61. The summed E-state index contributed by atoms with van der Waals surface area (Å²) in [5.41, 5.74) is 1.32. The van der Waals surface area contributed by atoms with E-state index < -0.39 is 5.97 Å². The average Bonchev–Trinajstić information content (AvgIpc) is 2.14. The zero-order valence-electron chi connectivity index (χ0n) is 8.06. The molecule has 1 heterocycles. The summed E-state index contributed by atoms with van der Waals surface area (Å²) in [5.74, 6) is 0.120. The Kier molecular flexibility index (Phi) is 2.43. The molecule has 74 valence electrons. The summed E-state index contributed by atoms with van der Waals surface area (Å²) in [6, 6.07) is 1.73. The van der Waals surface area contributed by atoms with E-state index in [1.54, 1.807) is 6.07 Å². The number of carbonyl (C=O) groups is 1. The van der Waals surface area contributed by atoms with E-state index in [0.717, 1.165) is 18.5 Å². The van der Waals surface area contributed by atoms with Gasteiger partial charge in [0, 0.05) is 11.6 Å². The minimum absolute atomic E-state index is 0.351. The summed E-state index contributed by atoms with van der Waals surface area (Å²) in [6.45, 7) is 0. The molecule has 0 aliphatic heterocycles. The van der Waals surface area contributed by atoms with Crippen LogP contribution in [-0.2, 0) is 4.74 Å². The average molecular weight is 192 g/mol. The summed E-state index contributed by atoms with van der Waals surface area (Å²) in [7, 11) is 1.35. The summed E-state index contributed by atoms with van der Waals surface area (Å²) in [4.78, 5) is 19.2. The van der Waals surface area contributed by atoms with Crippen molar-refractivity contribution in [1.29, 1.82) is 0 Å². The minimum atomic E-state index is -0.395. The second kappa shape index (κ2) is 3.74. The van der Waals surface area contributed by atoms with Gasteiger partial charge in [-0.3, -0.25) is 0 Å². The van der Waals surface area contributed by atoms with E-state index in [9.17, 15) is 4.79 Å². The first-order valence-electron chi connectivity index (χ1n) is 4.71. The van der Waals surface area contributed by atoms with E-state index in [4.69, 9.17) is 0 Å². The molecule has 1 aromatic rings. The van der Waals surface area contributed by atoms with Crippen LogP contribution in [0.3, 0.4) is 0 Å². The molecular weight excluding hydrogens is 180 g/mol. The van der Waals surface area contributed by atoms with Crippen LogP contribution in [0.5, 0.6) is 0 Å². The van der Waals surface area contributed by atoms with Gasteiger partial charge in [0.05, 0.1) is 7.11 Å². The van der Waals surface area contributed by atoms with Crippen molar-refractivity contribution in [1.82, 2.24) is 9.97 Å². The Balaban J connectivity index is 2.21. The van der Waals surface area contributed by atoms with Crippen LogP contribution in [0.2, 0.25) is 0 Å². The van der Waals surface area contributed by atoms with Gasteiger partial charge in [-0.2, -0.15) is 0 Å². The molecular formula is C10H12N2O2. The van der Waals surface area contributed by atoms with Crippen LogP contribution in [0.25, 0.3) is 0 Å². The number of hydrogen-bond acceptors (Lipinski definition) is 4. The monoisotopic (exact) mass is 192 g/mol. The summed E-state index contributed by atoms with van der Waals surface area (Å²) >= 11 is 0. The Morgan fingerprint density at radius 3 is 2.86 bits per heavy atom. The van der Waals surface area contributed by atoms with E-state index in [1.807, 2.05) is 0 Å². The summed E-state index contributed by atoms with van der Waals surface area (Å²) in [5, 5.41) is 0. The van der Waals surface area contributed by atoms with Crippen LogP contribution < -0.4 is 0 Å². The lowest BCUT2D eigenvalue weighted by Crippen LogP contribution is -2.13. The molecule has 14 heavy (non-hydrogen) atoms. The van der Waals surface area contributed by atoms with E-state index in [0.29, 0.717) is 11.6 Å². The second-order valence-electron chi connectivity index (χ2n) is 3.45. The van der Waals surface area contributed by atoms with Crippen LogP contribution >= 0.6 is 0 Å². The molecule has 0 aromatic carbocycles. The van der Waals surface area contributed by atoms with Gasteiger partial charge in [0.15, 0.2) is 5.69 Å². The van der Waals surface area contributed by atoms with Crippen molar-refractivity contribution in [3.8, 4) is 0 Å². The van der Waals surface area contributed by atoms with Gasteiger partial charge in [0.25, 0.3) is 0 Å². The number of esters is 1. The van der Waals surface area contributed by atoms with E-state index in [-0.39, 0.29) is 0 Å². The van der Waals surface area contributed by atoms with Crippen molar-refractivity contribution in [2.75, 3.05) is 7.11 Å². The van der Waals surface area contributed by atoms with Crippen molar-refractivity contribution in [2.45, 2.75) is 25.2 Å². The molecule has 0 radical (unpaired) electrons. The highest BCUT2D eigenvalue weighted by Gasteiger charge is 2.22. The first-order chi connectivity index (χ1) is 6.81. The van der Waals surface area contributed by atoms with Gasteiger partial charge in [-0.25, -0.2) is 14.8 Å². The van der Waals surface area contributed by atoms with E-state index in [2.05, 4.69) is 14.7 Å². The molecule has 1 saturated carbocycles. The van der Waals surface area contributed by atoms with Gasteiger partial charge in [-0.05, 0) is 18.9 Å². The number of nitrogens with zero attached hydrogens (tertiary/aromatic N) is 2. The molecule has 1 aliphatic rings. The largest absolute Gasteiger partial charge is 0.464 e. The number of hydrogen-bond donors (Lipinski definition) is 0. The Morgan fingerprint density at radius 2 is 2.29 bits per heavy atom. The maximum absolute atomic E-state index is 11.2. The van der Waals surface area contributed by atoms with Crippen LogP contribution in [0.4, 0.5) is 0 Å². The fraction of sp³-hybridized carbons (Fsp3) is 0.500. The molecule has 1 aromatic heterocycles. The van der Waals surface area contributed by atoms with Crippen LogP contribution in [0.1, 0.15) is 41.4 Å². The maximum Gasteiger partial charge on any atom is 0.356 e. The summed E-state index contributed by atoms with van der Waals surface area (Å²) in [6.07, 6.45) is 5.01. The van der Waals surface area contributed by atoms with Gasteiger partial charge in [0.2, 0.25) is 0 Å². The molecule has 0 unspecified atom stereocenters. The molecule has 2 rings (SSSR count). The molecule has 1 aliphatic carbocycles. The molecule has 0 N–H and O–H groups in total. The topological polar surface area (TPSA) is 52.1 Å². The van der Waals surface area contributed by atoms with Gasteiger partial charge < -0.3 is 4.74 Å². The quantitative estimate of drug-likeness (QED) is 0.667. The van der Waals surface area contributed by atoms with Gasteiger partial charge >= 0.3 is 5.97 Å². The third kappa shape index (κ3) is 1.60. The van der Waals surface area contributed by atoms with E-state index >= 15 is 0 Å². The lowest BCUT2D eigenvalue weighted by atomic mass is 9.83. The first kappa shape index (κ1) is 9.12. The molecule has 4 nitrogen and oxygen atoms in total. The predicted molar refractivity (Wildman–Crippen MR) is 50.0 cm³/mol. The van der Waals surface area contributed by atoms with Crippen molar-refractivity contribution in [3.63, 3.8) is 0 Å². The smallest absolute Gasteiger partial charge is 0.356 e. The van der Waals surface area contributed by atoms with Crippen molar-refractivity contribution in [2.24, 2.45) is 0 Å². The number of carbonyl (C=O) groups excluding carboxylic acids is 1. The lowest BCUT2D eigenvalue weighted by Gasteiger charge is -2.24. The fourth-order valence-electron chi connectivity index (χ4n) is 1.52. The SMILES string of the molecule is COC(=O)c1cc(C2CCC2)ncn1. The molecule has 0 atom stereocenters. The molecule has 0 amide bonds. The van der Waals surface area contributed by atoms with Crippen molar-refractivity contribution in [3.05, 3.63) is 23.8 Å². The standard InChI is InChI=1S/C10H12N2O2/c1-14-10(13)9-5-8(11-6-12-9)7-3-2-4-7/h5-7H,2-4H2,1H3. The van der Waals surface area contributed by atoms with Crippen LogP contribution in [0.15, 0.2) is 12.4 Å². The molecule has 4 heteroatoms. The second-order valence-corrected chi connectivity index (χ2v) is 3.45. The highest BCUT2D eigenvalue weighted by atomic mass is 16.5. The number of aromatic nitrogens is 2. The maximum atomic E-state index is 11.2. The molecule has 1 fully saturated rings. The number of ether oxygens (including phenoxy) is 1. The minimum Gasteiger partial charge on any atom is -0.464 e. The fourth-order valence-corrected chi connectivity index (χ4v) is 1.52. The Morgan fingerprint density at radius 1 is 1.50 bits per heavy atom. The Bertz CT molecular complexity index is 348. The number of rotatable bonds is 2. The zero-order chi connectivity index (χ0) is 9.97. The van der Waals surface area contributed by atoms with Gasteiger partial charge in [-0.15, -0.1) is 0 Å². The van der Waals surface area contributed by atoms with Crippen molar-refractivity contribution >= 4 is 5.97 Å². The van der Waals surface area contributed by atoms with Gasteiger partial charge in [-0.1, -0.05) is 6.42 Å². The molecule has 0 spiro atoms. The molecule has 0 bridgehead atoms. The highest BCUT2D eigenvalue weighted by molar-refractivity contribution is 5.87.